The number of nitrogens with zero attached hydrogens (tertiary/aromatic N) is 2. The summed E-state index contributed by atoms with van der Waals surface area (Å²) in [5.41, 5.74) is 10.1. The van der Waals surface area contributed by atoms with Gasteiger partial charge in [0.2, 0.25) is 0 Å². The fourth-order valence-electron chi connectivity index (χ4n) is 2.21. The van der Waals surface area contributed by atoms with Crippen LogP contribution in [-0.2, 0) is 6.42 Å². The maximum atomic E-state index is 6.22. The van der Waals surface area contributed by atoms with Crippen molar-refractivity contribution >= 4 is 5.82 Å². The van der Waals surface area contributed by atoms with Gasteiger partial charge in [-0.15, -0.1) is 0 Å². The molecule has 2 heterocycles. The summed E-state index contributed by atoms with van der Waals surface area (Å²) in [6.07, 6.45) is 4.17. The predicted octanol–water partition coefficient (Wildman–Crippen LogP) is 3.28. The molecule has 19 heavy (non-hydrogen) atoms. The Morgan fingerprint density at radius 2 is 2.00 bits per heavy atom. The molecule has 2 N–H and O–H groups in total. The first-order chi connectivity index (χ1) is 9.31. The minimum Gasteiger partial charge on any atom is -0.472 e. The Kier molecular flexibility index (Phi) is 2.83. The molecule has 0 radical (unpaired) electrons. The van der Waals surface area contributed by atoms with Gasteiger partial charge in [0.25, 0.3) is 0 Å². The van der Waals surface area contributed by atoms with Gasteiger partial charge < -0.3 is 10.2 Å². The van der Waals surface area contributed by atoms with Gasteiger partial charge in [-0.3, -0.25) is 0 Å². The van der Waals surface area contributed by atoms with E-state index in [9.17, 15) is 0 Å². The number of anilines is 1. The van der Waals surface area contributed by atoms with Crippen molar-refractivity contribution in [3.05, 3.63) is 54.5 Å². The third-order valence-electron chi connectivity index (χ3n) is 3.17. The number of nitrogen functional groups attached to an aromatic ring is 1. The zero-order chi connectivity index (χ0) is 13.2. The largest absolute Gasteiger partial charge is 0.472 e. The van der Waals surface area contributed by atoms with E-state index in [0.717, 1.165) is 28.9 Å². The van der Waals surface area contributed by atoms with Crippen LogP contribution in [0.15, 0.2) is 53.3 Å². The molecule has 0 amide bonds. The van der Waals surface area contributed by atoms with Crippen LogP contribution in [-0.4, -0.2) is 9.78 Å². The number of benzene rings is 1. The second kappa shape index (κ2) is 4.65. The minimum absolute atomic E-state index is 0.685. The molecular weight excluding hydrogens is 238 g/mol. The van der Waals surface area contributed by atoms with Crippen molar-refractivity contribution in [3.63, 3.8) is 0 Å². The van der Waals surface area contributed by atoms with E-state index in [1.165, 1.54) is 0 Å². The highest BCUT2D eigenvalue weighted by Crippen LogP contribution is 2.29. The molecule has 3 rings (SSSR count). The van der Waals surface area contributed by atoms with Crippen molar-refractivity contribution in [1.82, 2.24) is 9.78 Å². The number of aromatic nitrogens is 2. The summed E-state index contributed by atoms with van der Waals surface area (Å²) >= 11 is 0. The lowest BCUT2D eigenvalue weighted by Crippen LogP contribution is -2.02. The van der Waals surface area contributed by atoms with Crippen LogP contribution < -0.4 is 5.73 Å². The van der Waals surface area contributed by atoms with Gasteiger partial charge in [0.05, 0.1) is 18.2 Å². The standard InChI is InChI=1S/C15H15N3O/c1-2-13-14(11-8-9-19-10-11)17-18(15(13)16)12-6-4-3-5-7-12/h3-10H,2,16H2,1H3. The van der Waals surface area contributed by atoms with Crippen molar-refractivity contribution < 1.29 is 4.42 Å². The molecule has 1 aromatic carbocycles. The molecule has 0 bridgehead atoms. The zero-order valence-electron chi connectivity index (χ0n) is 10.7. The van der Waals surface area contributed by atoms with Gasteiger partial charge in [-0.05, 0) is 24.6 Å². The van der Waals surface area contributed by atoms with Gasteiger partial charge in [-0.1, -0.05) is 25.1 Å². The van der Waals surface area contributed by atoms with Crippen molar-refractivity contribution in [2.75, 3.05) is 5.73 Å². The molecule has 0 aliphatic heterocycles. The van der Waals surface area contributed by atoms with E-state index in [1.807, 2.05) is 36.4 Å². The number of hydrogen-bond acceptors (Lipinski definition) is 3. The van der Waals surface area contributed by atoms with Crippen LogP contribution in [0.25, 0.3) is 16.9 Å². The highest BCUT2D eigenvalue weighted by Gasteiger charge is 2.17. The summed E-state index contributed by atoms with van der Waals surface area (Å²) in [5.74, 6) is 0.685. The quantitative estimate of drug-likeness (QED) is 0.779. The fourth-order valence-corrected chi connectivity index (χ4v) is 2.21. The van der Waals surface area contributed by atoms with Gasteiger partial charge in [-0.25, -0.2) is 4.68 Å². The summed E-state index contributed by atoms with van der Waals surface area (Å²) in [7, 11) is 0. The first-order valence-corrected chi connectivity index (χ1v) is 6.26. The average Bonchev–Trinajstić information content (AvgIpc) is 3.07. The number of hydrogen-bond donors (Lipinski definition) is 1. The van der Waals surface area contributed by atoms with Crippen molar-refractivity contribution in [1.29, 1.82) is 0 Å². The van der Waals surface area contributed by atoms with Gasteiger partial charge in [0.15, 0.2) is 0 Å². The summed E-state index contributed by atoms with van der Waals surface area (Å²) in [6.45, 7) is 2.08. The highest BCUT2D eigenvalue weighted by atomic mass is 16.3. The Hall–Kier alpha value is -2.49. The summed E-state index contributed by atoms with van der Waals surface area (Å²) < 4.78 is 6.91. The lowest BCUT2D eigenvalue weighted by molar-refractivity contribution is 0.568. The van der Waals surface area contributed by atoms with Crippen LogP contribution in [0.5, 0.6) is 0 Å². The second-order valence-corrected chi connectivity index (χ2v) is 4.33. The molecule has 2 aromatic heterocycles. The van der Waals surface area contributed by atoms with Gasteiger partial charge in [0.1, 0.15) is 11.5 Å². The van der Waals surface area contributed by atoms with Crippen LogP contribution >= 0.6 is 0 Å². The minimum atomic E-state index is 0.685. The van der Waals surface area contributed by atoms with E-state index in [0.29, 0.717) is 5.82 Å². The topological polar surface area (TPSA) is 57.0 Å². The van der Waals surface area contributed by atoms with E-state index < -0.39 is 0 Å². The summed E-state index contributed by atoms with van der Waals surface area (Å²) in [6, 6.07) is 11.8. The highest BCUT2D eigenvalue weighted by molar-refractivity contribution is 5.68. The van der Waals surface area contributed by atoms with Crippen LogP contribution in [0.3, 0.4) is 0 Å². The molecule has 4 heteroatoms. The molecule has 0 unspecified atom stereocenters. The second-order valence-electron chi connectivity index (χ2n) is 4.33. The zero-order valence-corrected chi connectivity index (χ0v) is 10.7. The molecule has 96 valence electrons. The smallest absolute Gasteiger partial charge is 0.131 e. The molecule has 4 nitrogen and oxygen atoms in total. The molecular formula is C15H15N3O. The van der Waals surface area contributed by atoms with Crippen LogP contribution in [0.1, 0.15) is 12.5 Å². The molecule has 0 saturated heterocycles. The molecule has 0 fully saturated rings. The van der Waals surface area contributed by atoms with Crippen LogP contribution in [0.2, 0.25) is 0 Å². The SMILES string of the molecule is CCc1c(-c2ccoc2)nn(-c2ccccc2)c1N. The maximum absolute atomic E-state index is 6.22. The number of para-hydroxylation sites is 1. The number of rotatable bonds is 3. The summed E-state index contributed by atoms with van der Waals surface area (Å²) in [5, 5.41) is 4.62. The Labute approximate surface area is 111 Å². The van der Waals surface area contributed by atoms with E-state index in [2.05, 4.69) is 12.0 Å². The molecule has 0 spiro atoms. The summed E-state index contributed by atoms with van der Waals surface area (Å²) in [4.78, 5) is 0. The number of furan rings is 1. The Bertz CT molecular complexity index is 669. The average molecular weight is 253 g/mol. The lowest BCUT2D eigenvalue weighted by Gasteiger charge is -2.03. The Balaban J connectivity index is 2.18. The monoisotopic (exact) mass is 253 g/mol. The van der Waals surface area contributed by atoms with Crippen molar-refractivity contribution in [2.24, 2.45) is 0 Å². The molecule has 0 aliphatic carbocycles. The fraction of sp³-hybridized carbons (Fsp3) is 0.133. The van der Waals surface area contributed by atoms with E-state index in [1.54, 1.807) is 17.2 Å². The van der Waals surface area contributed by atoms with Gasteiger partial charge in [0, 0.05) is 11.1 Å². The Morgan fingerprint density at radius 3 is 2.63 bits per heavy atom. The Morgan fingerprint density at radius 1 is 1.21 bits per heavy atom. The van der Waals surface area contributed by atoms with E-state index >= 15 is 0 Å². The third-order valence-corrected chi connectivity index (χ3v) is 3.17. The molecule has 0 saturated carbocycles. The molecule has 0 aliphatic rings. The van der Waals surface area contributed by atoms with Crippen molar-refractivity contribution in [3.8, 4) is 16.9 Å². The predicted molar refractivity (Wildman–Crippen MR) is 75.1 cm³/mol. The van der Waals surface area contributed by atoms with Crippen LogP contribution in [0, 0.1) is 0 Å². The van der Waals surface area contributed by atoms with E-state index in [4.69, 9.17) is 10.2 Å². The molecule has 3 aromatic rings. The lowest BCUT2D eigenvalue weighted by atomic mass is 10.1. The first-order valence-electron chi connectivity index (χ1n) is 6.26. The van der Waals surface area contributed by atoms with Gasteiger partial charge >= 0.3 is 0 Å². The number of nitrogens with two attached hydrogens (primary N) is 1. The normalized spacial score (nSPS) is 10.8. The third kappa shape index (κ3) is 1.91. The van der Waals surface area contributed by atoms with Crippen LogP contribution in [0.4, 0.5) is 5.82 Å². The first kappa shape index (κ1) is 11.6. The van der Waals surface area contributed by atoms with E-state index in [-0.39, 0.29) is 0 Å². The van der Waals surface area contributed by atoms with Crippen molar-refractivity contribution in [2.45, 2.75) is 13.3 Å². The molecule has 0 atom stereocenters. The maximum Gasteiger partial charge on any atom is 0.131 e. The van der Waals surface area contributed by atoms with Gasteiger partial charge in [-0.2, -0.15) is 5.10 Å².